The standard InChI is InChI=1S/C22H40O4/c1-8-23-17(6)25-21-10-18-9-20(7,12-21)13-22(11-18,14-21)26-19(15(2)3)24-16(4)5/h15-19H,8-14H2,1-7H3. The summed E-state index contributed by atoms with van der Waals surface area (Å²) >= 11 is 0. The van der Waals surface area contributed by atoms with E-state index in [1.807, 2.05) is 13.8 Å². The topological polar surface area (TPSA) is 36.9 Å². The number of rotatable bonds is 9. The molecule has 0 aliphatic heterocycles. The van der Waals surface area contributed by atoms with Crippen molar-refractivity contribution in [2.45, 2.75) is 117 Å². The molecule has 0 aromatic rings. The van der Waals surface area contributed by atoms with Gasteiger partial charge in [0.25, 0.3) is 0 Å². The van der Waals surface area contributed by atoms with Crippen molar-refractivity contribution in [1.82, 2.24) is 0 Å². The van der Waals surface area contributed by atoms with Gasteiger partial charge >= 0.3 is 0 Å². The van der Waals surface area contributed by atoms with Gasteiger partial charge in [-0.25, -0.2) is 0 Å². The highest BCUT2D eigenvalue weighted by atomic mass is 16.7. The second kappa shape index (κ2) is 7.35. The van der Waals surface area contributed by atoms with E-state index in [1.165, 1.54) is 6.42 Å². The van der Waals surface area contributed by atoms with Gasteiger partial charge in [-0.05, 0) is 71.1 Å². The van der Waals surface area contributed by atoms with Gasteiger partial charge in [-0.2, -0.15) is 0 Å². The van der Waals surface area contributed by atoms with Crippen LogP contribution in [0.3, 0.4) is 0 Å². The Morgan fingerprint density at radius 3 is 2.00 bits per heavy atom. The Morgan fingerprint density at radius 2 is 1.50 bits per heavy atom. The first-order chi connectivity index (χ1) is 12.1. The van der Waals surface area contributed by atoms with E-state index in [1.54, 1.807) is 0 Å². The third kappa shape index (κ3) is 4.29. The summed E-state index contributed by atoms with van der Waals surface area (Å²) in [5.41, 5.74) is 0.108. The van der Waals surface area contributed by atoms with Crippen LogP contribution in [0.25, 0.3) is 0 Å². The molecule has 4 aliphatic rings. The van der Waals surface area contributed by atoms with E-state index in [4.69, 9.17) is 18.9 Å². The predicted octanol–water partition coefficient (Wildman–Crippen LogP) is 5.29. The lowest BCUT2D eigenvalue weighted by Gasteiger charge is -2.65. The fraction of sp³-hybridized carbons (Fsp3) is 1.00. The monoisotopic (exact) mass is 368 g/mol. The molecule has 0 N–H and O–H groups in total. The van der Waals surface area contributed by atoms with Crippen molar-refractivity contribution in [3.63, 3.8) is 0 Å². The highest BCUT2D eigenvalue weighted by molar-refractivity contribution is 5.15. The molecule has 152 valence electrons. The van der Waals surface area contributed by atoms with Crippen LogP contribution < -0.4 is 0 Å². The second-order valence-corrected chi connectivity index (χ2v) is 10.2. The van der Waals surface area contributed by atoms with Crippen LogP contribution in [0.1, 0.15) is 87.0 Å². The van der Waals surface area contributed by atoms with Gasteiger partial charge in [-0.15, -0.1) is 0 Å². The molecule has 0 aromatic carbocycles. The summed E-state index contributed by atoms with van der Waals surface area (Å²) in [5, 5.41) is 0. The molecule has 4 aliphatic carbocycles. The van der Waals surface area contributed by atoms with Crippen LogP contribution >= 0.6 is 0 Å². The van der Waals surface area contributed by atoms with Crippen molar-refractivity contribution in [3.05, 3.63) is 0 Å². The lowest BCUT2D eigenvalue weighted by atomic mass is 9.46. The Morgan fingerprint density at radius 1 is 0.885 bits per heavy atom. The van der Waals surface area contributed by atoms with Crippen LogP contribution in [-0.2, 0) is 18.9 Å². The molecule has 4 bridgehead atoms. The summed E-state index contributed by atoms with van der Waals surface area (Å²) in [6.45, 7) is 15.8. The molecule has 4 nitrogen and oxygen atoms in total. The summed E-state index contributed by atoms with van der Waals surface area (Å²) < 4.78 is 25.3. The summed E-state index contributed by atoms with van der Waals surface area (Å²) in [7, 11) is 0. The molecule has 4 fully saturated rings. The van der Waals surface area contributed by atoms with Crippen molar-refractivity contribution in [1.29, 1.82) is 0 Å². The van der Waals surface area contributed by atoms with Crippen molar-refractivity contribution in [2.24, 2.45) is 17.3 Å². The maximum atomic E-state index is 6.81. The molecule has 26 heavy (non-hydrogen) atoms. The zero-order chi connectivity index (χ0) is 19.2. The number of hydrogen-bond donors (Lipinski definition) is 0. The summed E-state index contributed by atoms with van der Waals surface area (Å²) in [5.74, 6) is 1.04. The molecule has 0 aromatic heterocycles. The van der Waals surface area contributed by atoms with E-state index < -0.39 is 0 Å². The van der Waals surface area contributed by atoms with Crippen molar-refractivity contribution < 1.29 is 18.9 Å². The molecule has 4 heteroatoms. The van der Waals surface area contributed by atoms with Gasteiger partial charge < -0.3 is 18.9 Å². The third-order valence-electron chi connectivity index (χ3n) is 6.38. The average Bonchev–Trinajstić information content (AvgIpc) is 2.42. The Hall–Kier alpha value is -0.160. The molecule has 4 rings (SSSR count). The quantitative estimate of drug-likeness (QED) is 0.518. The van der Waals surface area contributed by atoms with E-state index in [2.05, 4.69) is 34.6 Å². The van der Waals surface area contributed by atoms with Gasteiger partial charge in [0.05, 0.1) is 17.3 Å². The van der Waals surface area contributed by atoms with E-state index in [-0.39, 0.29) is 29.9 Å². The fourth-order valence-electron chi connectivity index (χ4n) is 6.45. The highest BCUT2D eigenvalue weighted by Crippen LogP contribution is 2.65. The minimum atomic E-state index is -0.148. The normalized spacial score (nSPS) is 41.2. The maximum Gasteiger partial charge on any atom is 0.160 e. The van der Waals surface area contributed by atoms with Gasteiger partial charge in [0, 0.05) is 18.9 Å². The van der Waals surface area contributed by atoms with Crippen LogP contribution in [0.15, 0.2) is 0 Å². The van der Waals surface area contributed by atoms with Crippen molar-refractivity contribution in [3.8, 4) is 0 Å². The zero-order valence-corrected chi connectivity index (χ0v) is 18.0. The first-order valence-corrected chi connectivity index (χ1v) is 10.7. The molecule has 0 radical (unpaired) electrons. The lowest BCUT2D eigenvalue weighted by Crippen LogP contribution is -2.65. The van der Waals surface area contributed by atoms with Crippen LogP contribution in [0.4, 0.5) is 0 Å². The van der Waals surface area contributed by atoms with Gasteiger partial charge in [-0.3, -0.25) is 0 Å². The van der Waals surface area contributed by atoms with Gasteiger partial charge in [-0.1, -0.05) is 20.8 Å². The Balaban J connectivity index is 1.81. The van der Waals surface area contributed by atoms with Crippen LogP contribution in [-0.4, -0.2) is 36.5 Å². The molecular weight excluding hydrogens is 328 g/mol. The minimum absolute atomic E-state index is 0.0951. The third-order valence-corrected chi connectivity index (χ3v) is 6.38. The number of hydrogen-bond acceptors (Lipinski definition) is 4. The van der Waals surface area contributed by atoms with Gasteiger partial charge in [0.15, 0.2) is 12.6 Å². The molecular formula is C22H40O4. The van der Waals surface area contributed by atoms with E-state index in [0.29, 0.717) is 23.9 Å². The molecule has 6 atom stereocenters. The highest BCUT2D eigenvalue weighted by Gasteiger charge is 2.64. The first-order valence-electron chi connectivity index (χ1n) is 10.7. The molecule has 6 unspecified atom stereocenters. The SMILES string of the molecule is CCOC(C)OC12CC3CC(C)(C1)CC(OC(OC(C)C)C(C)C)(C3)C2. The Kier molecular flexibility index (Phi) is 5.81. The van der Waals surface area contributed by atoms with Crippen molar-refractivity contribution in [2.75, 3.05) is 6.61 Å². The molecule has 0 heterocycles. The Bertz CT molecular complexity index is 493. The summed E-state index contributed by atoms with van der Waals surface area (Å²) in [6, 6.07) is 0. The molecule has 0 saturated heterocycles. The van der Waals surface area contributed by atoms with E-state index in [9.17, 15) is 0 Å². The van der Waals surface area contributed by atoms with E-state index >= 15 is 0 Å². The maximum absolute atomic E-state index is 6.81. The largest absolute Gasteiger partial charge is 0.353 e. The zero-order valence-electron chi connectivity index (χ0n) is 18.0. The smallest absolute Gasteiger partial charge is 0.160 e. The summed E-state index contributed by atoms with van der Waals surface area (Å²) in [4.78, 5) is 0. The van der Waals surface area contributed by atoms with Gasteiger partial charge in [0.2, 0.25) is 0 Å². The molecule has 4 saturated carbocycles. The summed E-state index contributed by atoms with van der Waals surface area (Å²) in [6.07, 6.45) is 6.75. The van der Waals surface area contributed by atoms with Crippen LogP contribution in [0.2, 0.25) is 0 Å². The van der Waals surface area contributed by atoms with Gasteiger partial charge in [0.1, 0.15) is 0 Å². The van der Waals surface area contributed by atoms with Crippen LogP contribution in [0, 0.1) is 17.3 Å². The molecule has 0 spiro atoms. The first kappa shape index (κ1) is 20.6. The lowest BCUT2D eigenvalue weighted by molar-refractivity contribution is -0.332. The van der Waals surface area contributed by atoms with E-state index in [0.717, 1.165) is 32.1 Å². The second-order valence-electron chi connectivity index (χ2n) is 10.2. The average molecular weight is 369 g/mol. The molecule has 0 amide bonds. The predicted molar refractivity (Wildman–Crippen MR) is 103 cm³/mol. The van der Waals surface area contributed by atoms with Crippen molar-refractivity contribution >= 4 is 0 Å². The van der Waals surface area contributed by atoms with Crippen LogP contribution in [0.5, 0.6) is 0 Å². The number of ether oxygens (including phenoxy) is 4. The Labute approximate surface area is 160 Å². The fourth-order valence-corrected chi connectivity index (χ4v) is 6.45. The minimum Gasteiger partial charge on any atom is -0.353 e.